The highest BCUT2D eigenvalue weighted by Gasteiger charge is 2.31. The van der Waals surface area contributed by atoms with Crippen molar-refractivity contribution in [3.05, 3.63) is 99.4 Å². The molecule has 0 atom stereocenters. The second-order valence-corrected chi connectivity index (χ2v) is 9.66. The number of sulfonamides is 1. The summed E-state index contributed by atoms with van der Waals surface area (Å²) in [7, 11) is -1.06. The van der Waals surface area contributed by atoms with Crippen LogP contribution in [0.2, 0.25) is 5.02 Å². The fourth-order valence-electron chi connectivity index (χ4n) is 3.53. The van der Waals surface area contributed by atoms with Crippen LogP contribution in [0.25, 0.3) is 11.0 Å². The number of benzene rings is 3. The van der Waals surface area contributed by atoms with Gasteiger partial charge in [-0.3, -0.25) is 13.9 Å². The Morgan fingerprint density at radius 3 is 2.19 bits per heavy atom. The number of fused-ring (bicyclic) bond motifs is 1. The summed E-state index contributed by atoms with van der Waals surface area (Å²) in [6.45, 7) is -0.142. The van der Waals surface area contributed by atoms with Gasteiger partial charge in [0.2, 0.25) is 0 Å². The molecule has 0 spiro atoms. The molecular weight excluding hydrogens is 450 g/mol. The van der Waals surface area contributed by atoms with Crippen molar-refractivity contribution >= 4 is 38.6 Å². The number of aryl methyl sites for hydroxylation is 2. The van der Waals surface area contributed by atoms with Gasteiger partial charge in [0.25, 0.3) is 15.9 Å². The van der Waals surface area contributed by atoms with E-state index < -0.39 is 15.9 Å². The van der Waals surface area contributed by atoms with Gasteiger partial charge in [0.1, 0.15) is 0 Å². The van der Waals surface area contributed by atoms with Gasteiger partial charge in [0.05, 0.1) is 22.5 Å². The summed E-state index contributed by atoms with van der Waals surface area (Å²) in [6, 6.07) is 19.3. The molecule has 1 aromatic heterocycles. The number of nitrogens with zero attached hydrogens (tertiary/aromatic N) is 3. The normalized spacial score (nSPS) is 11.6. The molecule has 0 aliphatic rings. The van der Waals surface area contributed by atoms with Crippen molar-refractivity contribution in [2.75, 3.05) is 0 Å². The molecule has 1 heterocycles. The summed E-state index contributed by atoms with van der Waals surface area (Å²) in [5, 5.41) is 0.439. The predicted octanol–water partition coefficient (Wildman–Crippen LogP) is 3.56. The first-order chi connectivity index (χ1) is 15.2. The molecule has 0 aliphatic carbocycles. The molecule has 3 aromatic carbocycles. The van der Waals surface area contributed by atoms with Crippen LogP contribution in [0.1, 0.15) is 15.9 Å². The van der Waals surface area contributed by atoms with E-state index in [1.165, 1.54) is 45.5 Å². The zero-order valence-electron chi connectivity index (χ0n) is 17.4. The van der Waals surface area contributed by atoms with E-state index in [2.05, 4.69) is 0 Å². The Bertz CT molecular complexity index is 1470. The summed E-state index contributed by atoms with van der Waals surface area (Å²) in [6.07, 6.45) is 0. The molecule has 4 aromatic rings. The van der Waals surface area contributed by atoms with E-state index in [1.54, 1.807) is 44.4 Å². The van der Waals surface area contributed by atoms with Gasteiger partial charge in [-0.1, -0.05) is 41.9 Å². The Kier molecular flexibility index (Phi) is 5.66. The third-order valence-corrected chi connectivity index (χ3v) is 7.29. The average Bonchev–Trinajstić information content (AvgIpc) is 3.01. The van der Waals surface area contributed by atoms with Crippen LogP contribution in [-0.2, 0) is 30.7 Å². The first-order valence-electron chi connectivity index (χ1n) is 9.72. The molecule has 0 bridgehead atoms. The second-order valence-electron chi connectivity index (χ2n) is 7.36. The fraction of sp³-hybridized carbons (Fsp3) is 0.130. The average molecular weight is 470 g/mol. The Labute approximate surface area is 190 Å². The molecule has 0 unspecified atom stereocenters. The maximum Gasteiger partial charge on any atom is 0.328 e. The lowest BCUT2D eigenvalue weighted by atomic mass is 10.2. The summed E-state index contributed by atoms with van der Waals surface area (Å²) in [5.41, 5.74) is 1.63. The molecule has 32 heavy (non-hydrogen) atoms. The van der Waals surface area contributed by atoms with E-state index in [0.29, 0.717) is 21.6 Å². The van der Waals surface area contributed by atoms with Gasteiger partial charge in [-0.2, -0.15) is 0 Å². The Hall–Kier alpha value is -3.36. The highest BCUT2D eigenvalue weighted by molar-refractivity contribution is 7.89. The van der Waals surface area contributed by atoms with E-state index in [9.17, 15) is 18.0 Å². The van der Waals surface area contributed by atoms with Gasteiger partial charge in [-0.25, -0.2) is 17.5 Å². The zero-order chi connectivity index (χ0) is 23.0. The van der Waals surface area contributed by atoms with Gasteiger partial charge < -0.3 is 0 Å². The van der Waals surface area contributed by atoms with Crippen molar-refractivity contribution < 1.29 is 13.2 Å². The SMILES string of the molecule is Cn1c(=O)n(C)c2cc(S(=O)(=O)N(Cc3ccccc3)C(=O)c3ccc(Cl)cc3)ccc21. The quantitative estimate of drug-likeness (QED) is 0.447. The molecule has 9 heteroatoms. The minimum atomic E-state index is -4.24. The van der Waals surface area contributed by atoms with E-state index >= 15 is 0 Å². The highest BCUT2D eigenvalue weighted by Crippen LogP contribution is 2.25. The van der Waals surface area contributed by atoms with Crippen molar-refractivity contribution in [3.8, 4) is 0 Å². The van der Waals surface area contributed by atoms with Crippen LogP contribution in [0.15, 0.2) is 82.5 Å². The minimum absolute atomic E-state index is 0.0792. The van der Waals surface area contributed by atoms with Crippen LogP contribution in [0, 0.1) is 0 Å². The second kappa shape index (κ2) is 8.29. The van der Waals surface area contributed by atoms with Gasteiger partial charge >= 0.3 is 5.69 Å². The summed E-state index contributed by atoms with van der Waals surface area (Å²) in [5.74, 6) is -0.674. The maximum absolute atomic E-state index is 13.6. The number of hydrogen-bond donors (Lipinski definition) is 0. The summed E-state index contributed by atoms with van der Waals surface area (Å²) < 4.78 is 30.9. The lowest BCUT2D eigenvalue weighted by Crippen LogP contribution is -2.36. The first-order valence-corrected chi connectivity index (χ1v) is 11.5. The Morgan fingerprint density at radius 1 is 0.906 bits per heavy atom. The van der Waals surface area contributed by atoms with Crippen LogP contribution >= 0.6 is 11.6 Å². The van der Waals surface area contributed by atoms with Gasteiger partial charge in [0.15, 0.2) is 0 Å². The number of amides is 1. The number of aromatic nitrogens is 2. The van der Waals surface area contributed by atoms with Crippen LogP contribution in [0.3, 0.4) is 0 Å². The van der Waals surface area contributed by atoms with Crippen molar-refractivity contribution in [3.63, 3.8) is 0 Å². The monoisotopic (exact) mass is 469 g/mol. The lowest BCUT2D eigenvalue weighted by molar-refractivity contribution is 0.0855. The molecule has 0 saturated carbocycles. The standard InChI is InChI=1S/C23H20ClN3O4S/c1-25-20-13-12-19(14-21(20)26(2)23(25)29)32(30,31)27(15-16-6-4-3-5-7-16)22(28)17-8-10-18(24)11-9-17/h3-14H,15H2,1-2H3. The number of carbonyl (C=O) groups excluding carboxylic acids is 1. The molecule has 0 fully saturated rings. The Morgan fingerprint density at radius 2 is 1.53 bits per heavy atom. The highest BCUT2D eigenvalue weighted by atomic mass is 35.5. The number of imidazole rings is 1. The molecule has 0 radical (unpaired) electrons. The zero-order valence-corrected chi connectivity index (χ0v) is 19.0. The van der Waals surface area contributed by atoms with Gasteiger partial charge in [-0.05, 0) is 48.0 Å². The third kappa shape index (κ3) is 3.83. The van der Waals surface area contributed by atoms with Crippen LogP contribution in [0.4, 0.5) is 0 Å². The molecule has 0 N–H and O–H groups in total. The molecule has 1 amide bonds. The van der Waals surface area contributed by atoms with Gasteiger partial charge in [-0.15, -0.1) is 0 Å². The van der Waals surface area contributed by atoms with E-state index in [0.717, 1.165) is 4.31 Å². The predicted molar refractivity (Wildman–Crippen MR) is 123 cm³/mol. The molecule has 4 rings (SSSR count). The maximum atomic E-state index is 13.6. The minimum Gasteiger partial charge on any atom is -0.295 e. The number of rotatable bonds is 5. The van der Waals surface area contributed by atoms with E-state index in [1.807, 2.05) is 6.07 Å². The molecule has 0 aliphatic heterocycles. The van der Waals surface area contributed by atoms with Gasteiger partial charge in [0, 0.05) is 24.7 Å². The van der Waals surface area contributed by atoms with E-state index in [-0.39, 0.29) is 22.7 Å². The van der Waals surface area contributed by atoms with E-state index in [4.69, 9.17) is 11.6 Å². The topological polar surface area (TPSA) is 81.4 Å². The van der Waals surface area contributed by atoms with Crippen molar-refractivity contribution in [2.24, 2.45) is 14.1 Å². The van der Waals surface area contributed by atoms with Crippen LogP contribution in [-0.4, -0.2) is 27.8 Å². The number of hydrogen-bond acceptors (Lipinski definition) is 4. The Balaban J connectivity index is 1.84. The largest absolute Gasteiger partial charge is 0.328 e. The summed E-state index contributed by atoms with van der Waals surface area (Å²) in [4.78, 5) is 25.5. The lowest BCUT2D eigenvalue weighted by Gasteiger charge is -2.23. The number of halogens is 1. The van der Waals surface area contributed by atoms with Crippen molar-refractivity contribution in [1.29, 1.82) is 0 Å². The molecular formula is C23H20ClN3O4S. The van der Waals surface area contributed by atoms with Crippen LogP contribution in [0.5, 0.6) is 0 Å². The van der Waals surface area contributed by atoms with Crippen molar-refractivity contribution in [2.45, 2.75) is 11.4 Å². The van der Waals surface area contributed by atoms with Crippen LogP contribution < -0.4 is 5.69 Å². The summed E-state index contributed by atoms with van der Waals surface area (Å²) >= 11 is 5.92. The first kappa shape index (κ1) is 21.9. The smallest absolute Gasteiger partial charge is 0.295 e. The molecule has 7 nitrogen and oxygen atoms in total. The molecule has 0 saturated heterocycles. The number of carbonyl (C=O) groups is 1. The fourth-order valence-corrected chi connectivity index (χ4v) is 5.05. The third-order valence-electron chi connectivity index (χ3n) is 5.32. The molecule has 164 valence electrons. The van der Waals surface area contributed by atoms with Crippen molar-refractivity contribution in [1.82, 2.24) is 13.4 Å².